The van der Waals surface area contributed by atoms with Gasteiger partial charge in [0.1, 0.15) is 0 Å². The molecule has 0 aliphatic heterocycles. The van der Waals surface area contributed by atoms with Crippen molar-refractivity contribution in [1.82, 2.24) is 20.1 Å². The summed E-state index contributed by atoms with van der Waals surface area (Å²) in [6.07, 6.45) is 1.71. The number of H-pyrrole nitrogens is 1. The normalized spacial score (nSPS) is 10.9. The Morgan fingerprint density at radius 1 is 1.27 bits per heavy atom. The van der Waals surface area contributed by atoms with E-state index in [9.17, 15) is 4.79 Å². The molecule has 140 valence electrons. The van der Waals surface area contributed by atoms with Crippen LogP contribution in [0.5, 0.6) is 0 Å². The number of hydrazone groups is 1. The van der Waals surface area contributed by atoms with Crippen LogP contribution in [-0.2, 0) is 4.79 Å². The monoisotopic (exact) mass is 375 g/mol. The topological polar surface area (TPSA) is 89.5 Å². The number of carbonyl (C=O) groups is 1. The molecule has 1 aromatic carbocycles. The zero-order valence-corrected chi connectivity index (χ0v) is 16.4. The minimum absolute atomic E-state index is 0.0819. The lowest BCUT2D eigenvalue weighted by Crippen LogP contribution is -2.31. The summed E-state index contributed by atoms with van der Waals surface area (Å²) in [5.74, 6) is 0.836. The van der Waals surface area contributed by atoms with E-state index in [1.54, 1.807) is 11.1 Å². The SMILES string of the molecule is CCN(CC)C(=O)CSc1n[nH]c(N/N=C\c2ccc(N(C)C)cc2)n1. The number of hydrogen-bond donors (Lipinski definition) is 2. The largest absolute Gasteiger partial charge is 0.378 e. The third-order valence-corrected chi connectivity index (χ3v) is 4.53. The highest BCUT2D eigenvalue weighted by atomic mass is 32.2. The molecule has 0 atom stereocenters. The highest BCUT2D eigenvalue weighted by molar-refractivity contribution is 7.99. The Morgan fingerprint density at radius 3 is 2.58 bits per heavy atom. The van der Waals surface area contributed by atoms with Gasteiger partial charge in [0.2, 0.25) is 17.0 Å². The standard InChI is InChI=1S/C17H25N7OS/c1-5-24(6-2)15(25)12-26-17-19-16(21-22-17)20-18-11-13-7-9-14(10-8-13)23(3)4/h7-11H,5-6,12H2,1-4H3,(H2,19,20,21,22)/b18-11-. The van der Waals surface area contributed by atoms with Gasteiger partial charge in [-0.25, -0.2) is 10.5 Å². The second-order valence-electron chi connectivity index (χ2n) is 5.68. The molecule has 9 heteroatoms. The summed E-state index contributed by atoms with van der Waals surface area (Å²) in [5.41, 5.74) is 4.91. The number of anilines is 2. The molecule has 26 heavy (non-hydrogen) atoms. The second kappa shape index (κ2) is 9.81. The molecule has 0 aliphatic carbocycles. The van der Waals surface area contributed by atoms with E-state index in [0.29, 0.717) is 29.9 Å². The fourth-order valence-corrected chi connectivity index (χ4v) is 2.88. The summed E-state index contributed by atoms with van der Waals surface area (Å²) in [4.78, 5) is 20.1. The number of nitrogens with one attached hydrogen (secondary N) is 2. The molecule has 1 heterocycles. The van der Waals surface area contributed by atoms with Crippen molar-refractivity contribution in [1.29, 1.82) is 0 Å². The summed E-state index contributed by atoms with van der Waals surface area (Å²) in [6, 6.07) is 8.02. The Balaban J connectivity index is 1.83. The predicted octanol–water partition coefficient (Wildman–Crippen LogP) is 2.28. The molecule has 0 aliphatic rings. The van der Waals surface area contributed by atoms with Gasteiger partial charge in [0.15, 0.2) is 0 Å². The zero-order chi connectivity index (χ0) is 18.9. The van der Waals surface area contributed by atoms with Crippen molar-refractivity contribution in [2.24, 2.45) is 5.10 Å². The third-order valence-electron chi connectivity index (χ3n) is 3.70. The van der Waals surface area contributed by atoms with Gasteiger partial charge in [-0.3, -0.25) is 4.79 Å². The molecular formula is C17H25N7OS. The van der Waals surface area contributed by atoms with Gasteiger partial charge in [-0.2, -0.15) is 10.1 Å². The number of aromatic nitrogens is 3. The first-order chi connectivity index (χ1) is 12.5. The van der Waals surface area contributed by atoms with E-state index in [1.165, 1.54) is 11.8 Å². The van der Waals surface area contributed by atoms with E-state index >= 15 is 0 Å². The summed E-state index contributed by atoms with van der Waals surface area (Å²) >= 11 is 1.30. The summed E-state index contributed by atoms with van der Waals surface area (Å²) < 4.78 is 0. The van der Waals surface area contributed by atoms with Crippen molar-refractivity contribution in [3.8, 4) is 0 Å². The number of aromatic amines is 1. The van der Waals surface area contributed by atoms with Gasteiger partial charge < -0.3 is 9.80 Å². The van der Waals surface area contributed by atoms with Crippen LogP contribution < -0.4 is 10.3 Å². The number of benzene rings is 1. The van der Waals surface area contributed by atoms with E-state index in [0.717, 1.165) is 11.3 Å². The number of nitrogens with zero attached hydrogens (tertiary/aromatic N) is 5. The maximum absolute atomic E-state index is 12.0. The molecule has 0 spiro atoms. The van der Waals surface area contributed by atoms with Crippen LogP contribution in [0.1, 0.15) is 19.4 Å². The molecule has 2 aromatic rings. The van der Waals surface area contributed by atoms with Crippen LogP contribution in [0.15, 0.2) is 34.5 Å². The maximum atomic E-state index is 12.0. The first kappa shape index (κ1) is 19.8. The molecule has 2 N–H and O–H groups in total. The molecule has 1 amide bonds. The molecule has 0 unspecified atom stereocenters. The van der Waals surface area contributed by atoms with Crippen molar-refractivity contribution in [3.05, 3.63) is 29.8 Å². The first-order valence-corrected chi connectivity index (χ1v) is 9.41. The number of thioether (sulfide) groups is 1. The van der Waals surface area contributed by atoms with Gasteiger partial charge in [0, 0.05) is 32.9 Å². The van der Waals surface area contributed by atoms with Crippen molar-refractivity contribution in [3.63, 3.8) is 0 Å². The average molecular weight is 376 g/mol. The van der Waals surface area contributed by atoms with Crippen LogP contribution in [0, 0.1) is 0 Å². The molecule has 0 saturated heterocycles. The van der Waals surface area contributed by atoms with E-state index < -0.39 is 0 Å². The quantitative estimate of drug-likeness (QED) is 0.397. The number of hydrogen-bond acceptors (Lipinski definition) is 7. The number of rotatable bonds is 9. The Kier molecular flexibility index (Phi) is 7.46. The molecular weight excluding hydrogens is 350 g/mol. The highest BCUT2D eigenvalue weighted by Gasteiger charge is 2.12. The first-order valence-electron chi connectivity index (χ1n) is 8.43. The van der Waals surface area contributed by atoms with Crippen LogP contribution >= 0.6 is 11.8 Å². The van der Waals surface area contributed by atoms with Crippen LogP contribution in [0.3, 0.4) is 0 Å². The molecule has 1 aromatic heterocycles. The molecule has 0 saturated carbocycles. The summed E-state index contributed by atoms with van der Waals surface area (Å²) in [6.45, 7) is 5.35. The summed E-state index contributed by atoms with van der Waals surface area (Å²) in [5, 5.41) is 11.5. The van der Waals surface area contributed by atoms with E-state index in [4.69, 9.17) is 0 Å². The van der Waals surface area contributed by atoms with E-state index in [-0.39, 0.29) is 5.91 Å². The van der Waals surface area contributed by atoms with Crippen LogP contribution in [-0.4, -0.2) is 65.1 Å². The molecule has 0 bridgehead atoms. The Hall–Kier alpha value is -2.55. The fourth-order valence-electron chi connectivity index (χ4n) is 2.18. The Bertz CT molecular complexity index is 723. The lowest BCUT2D eigenvalue weighted by Gasteiger charge is -2.17. The zero-order valence-electron chi connectivity index (χ0n) is 15.6. The van der Waals surface area contributed by atoms with Crippen molar-refractivity contribution >= 4 is 35.5 Å². The lowest BCUT2D eigenvalue weighted by molar-refractivity contribution is -0.127. The maximum Gasteiger partial charge on any atom is 0.240 e. The molecule has 2 rings (SSSR count). The van der Waals surface area contributed by atoms with Gasteiger partial charge in [-0.1, -0.05) is 23.9 Å². The third kappa shape index (κ3) is 5.76. The van der Waals surface area contributed by atoms with Crippen LogP contribution in [0.25, 0.3) is 0 Å². The molecule has 8 nitrogen and oxygen atoms in total. The van der Waals surface area contributed by atoms with Gasteiger partial charge in [-0.15, -0.1) is 5.10 Å². The minimum atomic E-state index is 0.0819. The smallest absolute Gasteiger partial charge is 0.240 e. The fraction of sp³-hybridized carbons (Fsp3) is 0.412. The van der Waals surface area contributed by atoms with Crippen molar-refractivity contribution in [2.75, 3.05) is 43.3 Å². The summed E-state index contributed by atoms with van der Waals surface area (Å²) in [7, 11) is 4.00. The number of amides is 1. The predicted molar refractivity (Wildman–Crippen MR) is 107 cm³/mol. The lowest BCUT2D eigenvalue weighted by atomic mass is 10.2. The molecule has 0 fully saturated rings. The van der Waals surface area contributed by atoms with Gasteiger partial charge in [0.25, 0.3) is 0 Å². The van der Waals surface area contributed by atoms with Gasteiger partial charge >= 0.3 is 0 Å². The van der Waals surface area contributed by atoms with Crippen LogP contribution in [0.4, 0.5) is 11.6 Å². The number of carbonyl (C=O) groups excluding carboxylic acids is 1. The second-order valence-corrected chi connectivity index (χ2v) is 6.62. The Morgan fingerprint density at radius 2 is 1.96 bits per heavy atom. The van der Waals surface area contributed by atoms with E-state index in [1.807, 2.05) is 57.1 Å². The highest BCUT2D eigenvalue weighted by Crippen LogP contribution is 2.15. The average Bonchev–Trinajstić information content (AvgIpc) is 3.09. The van der Waals surface area contributed by atoms with E-state index in [2.05, 4.69) is 25.7 Å². The minimum Gasteiger partial charge on any atom is -0.378 e. The van der Waals surface area contributed by atoms with Crippen LogP contribution in [0.2, 0.25) is 0 Å². The molecule has 0 radical (unpaired) electrons. The van der Waals surface area contributed by atoms with Crippen molar-refractivity contribution < 1.29 is 4.79 Å². The van der Waals surface area contributed by atoms with Crippen molar-refractivity contribution in [2.45, 2.75) is 19.0 Å². The van der Waals surface area contributed by atoms with Gasteiger partial charge in [-0.05, 0) is 31.5 Å². The van der Waals surface area contributed by atoms with Gasteiger partial charge in [0.05, 0.1) is 12.0 Å². The Labute approximate surface area is 158 Å².